The second-order valence-corrected chi connectivity index (χ2v) is 11.2. The molecule has 6 heterocycles. The van der Waals surface area contributed by atoms with Crippen LogP contribution in [0.15, 0.2) is 67.6 Å². The highest BCUT2D eigenvalue weighted by Gasteiger charge is 2.39. The molecule has 2 bridgehead atoms. The van der Waals surface area contributed by atoms with Gasteiger partial charge in [-0.25, -0.2) is 9.97 Å². The lowest BCUT2D eigenvalue weighted by Gasteiger charge is -2.39. The fourth-order valence-electron chi connectivity index (χ4n) is 6.20. The largest absolute Gasteiger partial charge is 0.377 e. The van der Waals surface area contributed by atoms with Gasteiger partial charge >= 0.3 is 0 Å². The van der Waals surface area contributed by atoms with E-state index in [-0.39, 0.29) is 17.9 Å². The molecule has 11 nitrogen and oxygen atoms in total. The number of rotatable bonds is 8. The van der Waals surface area contributed by atoms with Crippen molar-refractivity contribution in [2.75, 3.05) is 36.5 Å². The molecule has 2 unspecified atom stereocenters. The van der Waals surface area contributed by atoms with Crippen LogP contribution in [0.3, 0.4) is 0 Å². The van der Waals surface area contributed by atoms with E-state index >= 15 is 0 Å². The predicted molar refractivity (Wildman–Crippen MR) is 159 cm³/mol. The molecular formula is C31H32N8O3. The summed E-state index contributed by atoms with van der Waals surface area (Å²) in [6.07, 6.45) is 6.80. The number of fused-ring (bicyclic) bond motifs is 3. The number of hydrogen-bond acceptors (Lipinski definition) is 8. The Bertz CT molecular complexity index is 1630. The highest BCUT2D eigenvalue weighted by molar-refractivity contribution is 6.03. The summed E-state index contributed by atoms with van der Waals surface area (Å²) in [4.78, 5) is 45.9. The quantitative estimate of drug-likeness (QED) is 0.279. The standard InChI is InChI=1S/C31H32N8O3/c1-2-28(40)35-22-14-38(15-22)13-19-9-10-32-27(11-19)31(41)36-21-5-3-20(4-6-21)26-12-25-29(37-26)33-18-34-30(25)39-23-7-8-24(39)17-42-16-23/h2-6,9-12,18,22-24H,1,7-8,13-17H2,(H,35,40)(H,36,41)(H,33,34,37). The van der Waals surface area contributed by atoms with Crippen molar-refractivity contribution >= 4 is 34.4 Å². The Morgan fingerprint density at radius 3 is 2.60 bits per heavy atom. The van der Waals surface area contributed by atoms with Crippen molar-refractivity contribution < 1.29 is 14.3 Å². The monoisotopic (exact) mass is 564 g/mol. The number of amides is 2. The minimum atomic E-state index is -0.269. The van der Waals surface area contributed by atoms with Gasteiger partial charge in [-0.05, 0) is 60.4 Å². The molecule has 3 aliphatic heterocycles. The van der Waals surface area contributed by atoms with Crippen molar-refractivity contribution in [2.24, 2.45) is 0 Å². The number of morpholine rings is 1. The summed E-state index contributed by atoms with van der Waals surface area (Å²) >= 11 is 0. The third-order valence-electron chi connectivity index (χ3n) is 8.30. The maximum Gasteiger partial charge on any atom is 0.274 e. The van der Waals surface area contributed by atoms with Crippen molar-refractivity contribution in [3.05, 3.63) is 78.9 Å². The summed E-state index contributed by atoms with van der Waals surface area (Å²) in [6, 6.07) is 14.4. The second kappa shape index (κ2) is 11.0. The summed E-state index contributed by atoms with van der Waals surface area (Å²) in [5, 5.41) is 6.85. The van der Waals surface area contributed by atoms with Crippen LogP contribution in [-0.2, 0) is 16.1 Å². The maximum absolute atomic E-state index is 13.0. The van der Waals surface area contributed by atoms with Gasteiger partial charge in [0.15, 0.2) is 0 Å². The third-order valence-corrected chi connectivity index (χ3v) is 8.30. The lowest BCUT2D eigenvalue weighted by Crippen LogP contribution is -2.58. The lowest BCUT2D eigenvalue weighted by molar-refractivity contribution is -0.118. The third kappa shape index (κ3) is 5.12. The van der Waals surface area contributed by atoms with Crippen LogP contribution >= 0.6 is 0 Å². The van der Waals surface area contributed by atoms with Crippen LogP contribution in [0.25, 0.3) is 22.3 Å². The van der Waals surface area contributed by atoms with Gasteiger partial charge < -0.3 is 25.3 Å². The fraction of sp³-hybridized carbons (Fsp3) is 0.323. The summed E-state index contributed by atoms with van der Waals surface area (Å²) in [5.74, 6) is 0.538. The number of aromatic nitrogens is 4. The Morgan fingerprint density at radius 2 is 1.83 bits per heavy atom. The smallest absolute Gasteiger partial charge is 0.274 e. The number of nitrogens with one attached hydrogen (secondary N) is 3. The number of ether oxygens (including phenoxy) is 1. The highest BCUT2D eigenvalue weighted by atomic mass is 16.5. The highest BCUT2D eigenvalue weighted by Crippen LogP contribution is 2.37. The number of hydrogen-bond donors (Lipinski definition) is 3. The van der Waals surface area contributed by atoms with Gasteiger partial charge in [0.2, 0.25) is 5.91 Å². The molecule has 4 aromatic rings. The first-order valence-corrected chi connectivity index (χ1v) is 14.3. The van der Waals surface area contributed by atoms with Gasteiger partial charge in [-0.1, -0.05) is 18.7 Å². The van der Waals surface area contributed by atoms with Crippen LogP contribution in [0.2, 0.25) is 0 Å². The molecule has 3 aliphatic rings. The zero-order valence-electron chi connectivity index (χ0n) is 23.1. The molecule has 7 rings (SSSR count). The maximum atomic E-state index is 13.0. The summed E-state index contributed by atoms with van der Waals surface area (Å²) in [7, 11) is 0. The molecular weight excluding hydrogens is 532 g/mol. The van der Waals surface area contributed by atoms with Crippen LogP contribution in [-0.4, -0.2) is 81.1 Å². The minimum Gasteiger partial charge on any atom is -0.377 e. The van der Waals surface area contributed by atoms with Crippen LogP contribution in [0.1, 0.15) is 28.9 Å². The van der Waals surface area contributed by atoms with Gasteiger partial charge in [0.05, 0.1) is 36.7 Å². The Hall–Kier alpha value is -4.61. The fourth-order valence-corrected chi connectivity index (χ4v) is 6.20. The molecule has 2 amide bonds. The molecule has 2 atom stereocenters. The van der Waals surface area contributed by atoms with Gasteiger partial charge in [0.1, 0.15) is 23.5 Å². The first-order chi connectivity index (χ1) is 20.5. The number of likely N-dealkylation sites (tertiary alicyclic amines) is 1. The normalized spacial score (nSPS) is 20.3. The van der Waals surface area contributed by atoms with E-state index in [4.69, 9.17) is 4.74 Å². The van der Waals surface area contributed by atoms with Crippen molar-refractivity contribution in [3.8, 4) is 11.3 Å². The Morgan fingerprint density at radius 1 is 1.05 bits per heavy atom. The van der Waals surface area contributed by atoms with Crippen LogP contribution in [0, 0.1) is 0 Å². The first kappa shape index (κ1) is 26.3. The molecule has 11 heteroatoms. The Kier molecular flexibility index (Phi) is 6.88. The minimum absolute atomic E-state index is 0.127. The Labute approximate surface area is 243 Å². The number of carbonyl (C=O) groups is 2. The summed E-state index contributed by atoms with van der Waals surface area (Å²) in [6.45, 7) is 7.16. The molecule has 3 aromatic heterocycles. The van der Waals surface area contributed by atoms with E-state index in [1.807, 2.05) is 36.4 Å². The van der Waals surface area contributed by atoms with Crippen molar-refractivity contribution in [1.82, 2.24) is 30.2 Å². The van der Waals surface area contributed by atoms with E-state index in [2.05, 4.69) is 53.0 Å². The van der Waals surface area contributed by atoms with E-state index in [1.165, 1.54) is 6.08 Å². The van der Waals surface area contributed by atoms with Gasteiger partial charge in [-0.3, -0.25) is 19.5 Å². The molecule has 42 heavy (non-hydrogen) atoms. The molecule has 3 fully saturated rings. The number of aromatic amines is 1. The number of pyridine rings is 1. The zero-order chi connectivity index (χ0) is 28.6. The van der Waals surface area contributed by atoms with E-state index in [0.29, 0.717) is 30.0 Å². The average molecular weight is 565 g/mol. The summed E-state index contributed by atoms with van der Waals surface area (Å²) in [5.41, 5.74) is 4.76. The predicted octanol–water partition coefficient (Wildman–Crippen LogP) is 3.13. The van der Waals surface area contributed by atoms with E-state index in [1.54, 1.807) is 12.5 Å². The number of carbonyl (C=O) groups excluding carboxylic acids is 2. The Balaban J connectivity index is 1.01. The SMILES string of the molecule is C=CC(=O)NC1CN(Cc2ccnc(C(=O)Nc3ccc(-c4cc5c(N6C7CCC6COC7)ncnc5[nH]4)cc3)c2)C1. The van der Waals surface area contributed by atoms with Crippen LogP contribution in [0.4, 0.5) is 11.5 Å². The van der Waals surface area contributed by atoms with Crippen molar-refractivity contribution in [3.63, 3.8) is 0 Å². The average Bonchev–Trinajstić information content (AvgIpc) is 3.53. The van der Waals surface area contributed by atoms with Crippen LogP contribution in [0.5, 0.6) is 0 Å². The summed E-state index contributed by atoms with van der Waals surface area (Å²) < 4.78 is 5.76. The molecule has 3 N–H and O–H groups in total. The molecule has 0 aliphatic carbocycles. The second-order valence-electron chi connectivity index (χ2n) is 11.2. The van der Waals surface area contributed by atoms with Crippen molar-refractivity contribution in [2.45, 2.75) is 37.5 Å². The van der Waals surface area contributed by atoms with E-state index < -0.39 is 0 Å². The number of H-pyrrole nitrogens is 1. The number of benzene rings is 1. The topological polar surface area (TPSA) is 128 Å². The van der Waals surface area contributed by atoms with Gasteiger partial charge in [-0.2, -0.15) is 0 Å². The van der Waals surface area contributed by atoms with Gasteiger partial charge in [0, 0.05) is 37.2 Å². The molecule has 214 valence electrons. The van der Waals surface area contributed by atoms with E-state index in [9.17, 15) is 9.59 Å². The molecule has 0 radical (unpaired) electrons. The van der Waals surface area contributed by atoms with E-state index in [0.717, 1.165) is 72.8 Å². The van der Waals surface area contributed by atoms with Gasteiger partial charge in [-0.15, -0.1) is 0 Å². The first-order valence-electron chi connectivity index (χ1n) is 14.3. The lowest BCUT2D eigenvalue weighted by atomic mass is 10.1. The van der Waals surface area contributed by atoms with Crippen LogP contribution < -0.4 is 15.5 Å². The zero-order valence-corrected chi connectivity index (χ0v) is 23.1. The molecule has 0 saturated carbocycles. The molecule has 3 saturated heterocycles. The number of nitrogens with zero attached hydrogens (tertiary/aromatic N) is 5. The molecule has 1 aromatic carbocycles. The van der Waals surface area contributed by atoms with Gasteiger partial charge in [0.25, 0.3) is 5.91 Å². The molecule has 0 spiro atoms. The number of anilines is 2. The van der Waals surface area contributed by atoms with Crippen molar-refractivity contribution in [1.29, 1.82) is 0 Å².